The van der Waals surface area contributed by atoms with Crippen LogP contribution in [0.2, 0.25) is 0 Å². The van der Waals surface area contributed by atoms with Gasteiger partial charge < -0.3 is 4.74 Å². The maximum Gasteiger partial charge on any atom is 0.158 e. The lowest BCUT2D eigenvalue weighted by Crippen LogP contribution is -2.07. The second-order valence-electron chi connectivity index (χ2n) is 4.06. The summed E-state index contributed by atoms with van der Waals surface area (Å²) in [4.78, 5) is 11.3. The molecule has 1 aromatic heterocycles. The van der Waals surface area contributed by atoms with Crippen LogP contribution in [0.5, 0.6) is 0 Å². The lowest BCUT2D eigenvalue weighted by atomic mass is 10.2. The molecule has 94 valence electrons. The van der Waals surface area contributed by atoms with Gasteiger partial charge in [-0.05, 0) is 24.6 Å². The predicted octanol–water partition coefficient (Wildman–Crippen LogP) is 2.02. The Labute approximate surface area is 106 Å². The Hall–Kier alpha value is -1.94. The van der Waals surface area contributed by atoms with E-state index < -0.39 is 0 Å². The van der Waals surface area contributed by atoms with Crippen LogP contribution in [0.4, 0.5) is 0 Å². The number of carbonyl (C=O) groups is 1. The summed E-state index contributed by atoms with van der Waals surface area (Å²) in [6.45, 7) is 0.180. The van der Waals surface area contributed by atoms with E-state index in [0.29, 0.717) is 12.8 Å². The zero-order chi connectivity index (χ0) is 12.8. The highest BCUT2D eigenvalue weighted by Gasteiger charge is 2.05. The Bertz CT molecular complexity index is 506. The highest BCUT2D eigenvalue weighted by Crippen LogP contribution is 2.08. The van der Waals surface area contributed by atoms with Gasteiger partial charge in [-0.1, -0.05) is 18.2 Å². The third kappa shape index (κ3) is 3.28. The molecule has 4 nitrogen and oxygen atoms in total. The molecular weight excluding hydrogens is 228 g/mol. The number of carbonyl (C=O) groups excluding carboxylic acids is 1. The minimum absolute atomic E-state index is 0.103. The number of hydrogen-bond donors (Lipinski definition) is 0. The van der Waals surface area contributed by atoms with E-state index in [0.717, 1.165) is 11.4 Å². The fraction of sp³-hybridized carbons (Fsp3) is 0.286. The molecule has 2 rings (SSSR count). The van der Waals surface area contributed by atoms with Gasteiger partial charge in [-0.15, -0.1) is 0 Å². The molecule has 0 amide bonds. The summed E-state index contributed by atoms with van der Waals surface area (Å²) >= 11 is 0. The molecule has 0 radical (unpaired) electrons. The number of hydrogen-bond acceptors (Lipinski definition) is 3. The fourth-order valence-electron chi connectivity index (χ4n) is 1.72. The Balaban J connectivity index is 1.97. The summed E-state index contributed by atoms with van der Waals surface area (Å²) in [5.74, 6) is 0.103. The number of aromatic nitrogens is 2. The third-order valence-electron chi connectivity index (χ3n) is 2.63. The number of ketones is 1. The van der Waals surface area contributed by atoms with Crippen molar-refractivity contribution < 1.29 is 9.53 Å². The Kier molecular flexibility index (Phi) is 4.25. The maximum atomic E-state index is 11.3. The summed E-state index contributed by atoms with van der Waals surface area (Å²) in [5.41, 5.74) is 1.94. The number of rotatable bonds is 6. The minimum Gasteiger partial charge on any atom is -0.377 e. The van der Waals surface area contributed by atoms with Crippen LogP contribution in [-0.4, -0.2) is 29.3 Å². The standard InChI is InChI=1S/C14H16N2O2/c1-18-11-14(17)8-7-12-9-10-16(15-12)13-5-3-2-4-6-13/h2-6,9-10H,7-8,11H2,1H3. The van der Waals surface area contributed by atoms with Crippen molar-refractivity contribution in [1.82, 2.24) is 9.78 Å². The highest BCUT2D eigenvalue weighted by atomic mass is 16.5. The molecule has 0 saturated heterocycles. The first-order valence-corrected chi connectivity index (χ1v) is 5.90. The number of nitrogens with zero attached hydrogens (tertiary/aromatic N) is 2. The molecule has 4 heteroatoms. The molecular formula is C14H16N2O2. The van der Waals surface area contributed by atoms with Crippen LogP contribution < -0.4 is 0 Å². The quantitative estimate of drug-likeness (QED) is 0.781. The molecule has 0 N–H and O–H groups in total. The molecule has 1 heterocycles. The van der Waals surface area contributed by atoms with Crippen LogP contribution in [0.1, 0.15) is 12.1 Å². The number of para-hydroxylation sites is 1. The molecule has 0 aliphatic carbocycles. The molecule has 0 saturated carbocycles. The monoisotopic (exact) mass is 244 g/mol. The highest BCUT2D eigenvalue weighted by molar-refractivity contribution is 5.79. The van der Waals surface area contributed by atoms with Crippen LogP contribution >= 0.6 is 0 Å². The lowest BCUT2D eigenvalue weighted by Gasteiger charge is -2.00. The molecule has 0 aliphatic rings. The molecule has 0 aliphatic heterocycles. The van der Waals surface area contributed by atoms with Crippen molar-refractivity contribution in [3.8, 4) is 5.69 Å². The maximum absolute atomic E-state index is 11.3. The van der Waals surface area contributed by atoms with Gasteiger partial charge in [-0.2, -0.15) is 5.10 Å². The van der Waals surface area contributed by atoms with Crippen molar-refractivity contribution in [3.63, 3.8) is 0 Å². The largest absolute Gasteiger partial charge is 0.377 e. The van der Waals surface area contributed by atoms with Gasteiger partial charge in [0.05, 0.1) is 11.4 Å². The zero-order valence-corrected chi connectivity index (χ0v) is 10.4. The van der Waals surface area contributed by atoms with Crippen molar-refractivity contribution in [1.29, 1.82) is 0 Å². The van der Waals surface area contributed by atoms with Crippen molar-refractivity contribution in [2.45, 2.75) is 12.8 Å². The second-order valence-corrected chi connectivity index (χ2v) is 4.06. The van der Waals surface area contributed by atoms with Gasteiger partial charge in [-0.3, -0.25) is 4.79 Å². The van der Waals surface area contributed by atoms with Crippen molar-refractivity contribution in [2.24, 2.45) is 0 Å². The Morgan fingerprint density at radius 1 is 1.28 bits per heavy atom. The van der Waals surface area contributed by atoms with Crippen LogP contribution in [0, 0.1) is 0 Å². The summed E-state index contributed by atoms with van der Waals surface area (Å²) in [5, 5.41) is 4.44. The van der Waals surface area contributed by atoms with Gasteiger partial charge in [-0.25, -0.2) is 4.68 Å². The van der Waals surface area contributed by atoms with E-state index in [1.54, 1.807) is 0 Å². The van der Waals surface area contributed by atoms with E-state index in [4.69, 9.17) is 4.74 Å². The molecule has 0 unspecified atom stereocenters. The molecule has 0 spiro atoms. The SMILES string of the molecule is COCC(=O)CCc1ccn(-c2ccccc2)n1. The van der Waals surface area contributed by atoms with E-state index >= 15 is 0 Å². The molecule has 0 atom stereocenters. The van der Waals surface area contributed by atoms with E-state index in [9.17, 15) is 4.79 Å². The summed E-state index contributed by atoms with van der Waals surface area (Å²) < 4.78 is 6.61. The van der Waals surface area contributed by atoms with Crippen LogP contribution in [0.3, 0.4) is 0 Å². The summed E-state index contributed by atoms with van der Waals surface area (Å²) in [6.07, 6.45) is 3.03. The molecule has 0 fully saturated rings. The molecule has 18 heavy (non-hydrogen) atoms. The van der Waals surface area contributed by atoms with Gasteiger partial charge in [0.1, 0.15) is 6.61 Å². The van der Waals surface area contributed by atoms with Gasteiger partial charge >= 0.3 is 0 Å². The number of Topliss-reactive ketones (excluding diaryl/α,β-unsaturated/α-hetero) is 1. The van der Waals surface area contributed by atoms with E-state index in [-0.39, 0.29) is 12.4 Å². The average molecular weight is 244 g/mol. The number of benzene rings is 1. The number of ether oxygens (including phenoxy) is 1. The molecule has 1 aromatic carbocycles. The minimum atomic E-state index is 0.103. The van der Waals surface area contributed by atoms with E-state index in [1.165, 1.54) is 7.11 Å². The second kappa shape index (κ2) is 6.12. The van der Waals surface area contributed by atoms with Crippen LogP contribution in [0.25, 0.3) is 5.69 Å². The molecule has 2 aromatic rings. The zero-order valence-electron chi connectivity index (χ0n) is 10.4. The number of methoxy groups -OCH3 is 1. The van der Waals surface area contributed by atoms with Gasteiger partial charge in [0.25, 0.3) is 0 Å². The Morgan fingerprint density at radius 2 is 2.06 bits per heavy atom. The van der Waals surface area contributed by atoms with Gasteiger partial charge in [0.2, 0.25) is 0 Å². The van der Waals surface area contributed by atoms with Crippen molar-refractivity contribution in [3.05, 3.63) is 48.3 Å². The van der Waals surface area contributed by atoms with Gasteiger partial charge in [0, 0.05) is 19.7 Å². The smallest absolute Gasteiger partial charge is 0.158 e. The molecule has 0 bridgehead atoms. The topological polar surface area (TPSA) is 44.1 Å². The van der Waals surface area contributed by atoms with Crippen LogP contribution in [-0.2, 0) is 16.0 Å². The third-order valence-corrected chi connectivity index (χ3v) is 2.63. The lowest BCUT2D eigenvalue weighted by molar-refractivity contribution is -0.122. The predicted molar refractivity (Wildman–Crippen MR) is 68.8 cm³/mol. The summed E-state index contributed by atoms with van der Waals surface area (Å²) in [6, 6.07) is 11.8. The summed E-state index contributed by atoms with van der Waals surface area (Å²) in [7, 11) is 1.53. The fourth-order valence-corrected chi connectivity index (χ4v) is 1.72. The van der Waals surface area contributed by atoms with E-state index in [2.05, 4.69) is 5.10 Å². The average Bonchev–Trinajstić information content (AvgIpc) is 2.87. The van der Waals surface area contributed by atoms with Crippen molar-refractivity contribution in [2.75, 3.05) is 13.7 Å². The first-order valence-electron chi connectivity index (χ1n) is 5.90. The normalized spacial score (nSPS) is 10.5. The van der Waals surface area contributed by atoms with Gasteiger partial charge in [0.15, 0.2) is 5.78 Å². The van der Waals surface area contributed by atoms with E-state index in [1.807, 2.05) is 47.3 Å². The first-order chi connectivity index (χ1) is 8.79. The Morgan fingerprint density at radius 3 is 2.78 bits per heavy atom. The number of aryl methyl sites for hydroxylation is 1. The first kappa shape index (κ1) is 12.5. The van der Waals surface area contributed by atoms with Crippen LogP contribution in [0.15, 0.2) is 42.6 Å². The van der Waals surface area contributed by atoms with Crippen molar-refractivity contribution >= 4 is 5.78 Å².